The number of nitrogens with zero attached hydrogens (tertiary/aromatic N) is 2. The number of aromatic amines is 1. The Morgan fingerprint density at radius 3 is 2.93 bits per heavy atom. The number of carbonyl (C=O) groups is 2. The van der Waals surface area contributed by atoms with Crippen molar-refractivity contribution in [1.82, 2.24) is 9.97 Å². The van der Waals surface area contributed by atoms with Crippen molar-refractivity contribution >= 4 is 45.1 Å². The van der Waals surface area contributed by atoms with E-state index in [1.165, 1.54) is 16.2 Å². The number of rotatable bonds is 4. The van der Waals surface area contributed by atoms with E-state index in [4.69, 9.17) is 4.74 Å². The lowest BCUT2D eigenvalue weighted by atomic mass is 10.1. The lowest BCUT2D eigenvalue weighted by Crippen LogP contribution is -2.23. The van der Waals surface area contributed by atoms with Crippen LogP contribution in [0.1, 0.15) is 16.1 Å². The summed E-state index contributed by atoms with van der Waals surface area (Å²) in [5.41, 5.74) is 5.03. The van der Waals surface area contributed by atoms with E-state index >= 15 is 0 Å². The largest absolute Gasteiger partial charge is 0.447 e. The molecule has 1 saturated heterocycles. The first kappa shape index (κ1) is 18.4. The molecule has 1 fully saturated rings. The first-order valence-corrected chi connectivity index (χ1v) is 10.4. The minimum Gasteiger partial charge on any atom is -0.447 e. The van der Waals surface area contributed by atoms with Gasteiger partial charge in [0.2, 0.25) is 0 Å². The molecule has 1 aliphatic rings. The van der Waals surface area contributed by atoms with Crippen molar-refractivity contribution in [1.29, 1.82) is 0 Å². The molecule has 2 aromatic heterocycles. The molecule has 2 aromatic carbocycles. The van der Waals surface area contributed by atoms with Crippen LogP contribution >= 0.6 is 11.3 Å². The summed E-state index contributed by atoms with van der Waals surface area (Å²) in [5, 5.41) is 6.42. The molecule has 0 radical (unpaired) electrons. The van der Waals surface area contributed by atoms with Crippen LogP contribution in [0.25, 0.3) is 22.2 Å². The summed E-state index contributed by atoms with van der Waals surface area (Å²) in [6.45, 7) is 2.84. The highest BCUT2D eigenvalue weighted by atomic mass is 32.1. The van der Waals surface area contributed by atoms with Gasteiger partial charge in [0, 0.05) is 38.8 Å². The van der Waals surface area contributed by atoms with Crippen molar-refractivity contribution in [3.63, 3.8) is 0 Å². The van der Waals surface area contributed by atoms with Gasteiger partial charge in [-0.25, -0.2) is 9.78 Å². The zero-order valence-electron chi connectivity index (χ0n) is 16.1. The van der Waals surface area contributed by atoms with E-state index in [2.05, 4.69) is 21.4 Å². The second-order valence-corrected chi connectivity index (χ2v) is 7.84. The molecule has 150 valence electrons. The fraction of sp³-hybridized carbons (Fsp3) is 0.136. The Hall–Kier alpha value is -3.65. The molecule has 1 aliphatic heterocycles. The smallest absolute Gasteiger partial charge is 0.414 e. The highest BCUT2D eigenvalue weighted by molar-refractivity contribution is 7.14. The Bertz CT molecular complexity index is 1280. The van der Waals surface area contributed by atoms with Crippen LogP contribution in [0.2, 0.25) is 0 Å². The lowest BCUT2D eigenvalue weighted by molar-refractivity contribution is 0.102. The van der Waals surface area contributed by atoms with E-state index < -0.39 is 6.09 Å². The quantitative estimate of drug-likeness (QED) is 0.498. The number of aryl methyl sites for hydroxylation is 1. The summed E-state index contributed by atoms with van der Waals surface area (Å²) < 4.78 is 4.97. The van der Waals surface area contributed by atoms with Gasteiger partial charge in [-0.2, -0.15) is 0 Å². The molecular formula is C22H18N4O3S. The molecule has 0 saturated carbocycles. The van der Waals surface area contributed by atoms with Gasteiger partial charge in [0.1, 0.15) is 6.61 Å². The minimum atomic E-state index is -0.397. The second-order valence-electron chi connectivity index (χ2n) is 6.98. The zero-order valence-corrected chi connectivity index (χ0v) is 17.0. The molecule has 7 nitrogen and oxygen atoms in total. The normalized spacial score (nSPS) is 13.6. The van der Waals surface area contributed by atoms with Crippen LogP contribution < -0.4 is 10.2 Å². The van der Waals surface area contributed by atoms with Gasteiger partial charge < -0.3 is 9.72 Å². The van der Waals surface area contributed by atoms with Gasteiger partial charge in [0.05, 0.1) is 12.2 Å². The molecule has 4 aromatic rings. The highest BCUT2D eigenvalue weighted by Gasteiger charge is 2.24. The summed E-state index contributed by atoms with van der Waals surface area (Å²) >= 11 is 1.38. The minimum absolute atomic E-state index is 0.277. The molecule has 30 heavy (non-hydrogen) atoms. The third kappa shape index (κ3) is 3.21. The summed E-state index contributed by atoms with van der Waals surface area (Å²) in [6.07, 6.45) is -0.397. The molecule has 0 unspecified atom stereocenters. The molecule has 5 rings (SSSR count). The van der Waals surface area contributed by atoms with Gasteiger partial charge in [-0.1, -0.05) is 24.3 Å². The predicted octanol–water partition coefficient (Wildman–Crippen LogP) is 4.81. The van der Waals surface area contributed by atoms with Gasteiger partial charge in [0.15, 0.2) is 5.13 Å². The maximum atomic E-state index is 12.8. The molecule has 0 aliphatic carbocycles. The molecule has 3 heterocycles. The lowest BCUT2D eigenvalue weighted by Gasteiger charge is -2.13. The van der Waals surface area contributed by atoms with Crippen LogP contribution in [-0.4, -0.2) is 35.1 Å². The number of amides is 2. The number of ether oxygens (including phenoxy) is 1. The number of nitrogens with one attached hydrogen (secondary N) is 2. The molecule has 2 N–H and O–H groups in total. The van der Waals surface area contributed by atoms with E-state index in [0.29, 0.717) is 29.5 Å². The Morgan fingerprint density at radius 2 is 2.10 bits per heavy atom. The Morgan fingerprint density at radius 1 is 1.23 bits per heavy atom. The maximum absolute atomic E-state index is 12.8. The van der Waals surface area contributed by atoms with E-state index in [0.717, 1.165) is 27.9 Å². The van der Waals surface area contributed by atoms with Crippen LogP contribution in [0.15, 0.2) is 53.9 Å². The average Bonchev–Trinajstić information content (AvgIpc) is 3.46. The number of anilines is 2. The van der Waals surface area contributed by atoms with E-state index in [1.807, 2.05) is 30.5 Å². The van der Waals surface area contributed by atoms with E-state index in [1.54, 1.807) is 24.3 Å². The van der Waals surface area contributed by atoms with Crippen LogP contribution in [0.4, 0.5) is 15.6 Å². The third-order valence-electron chi connectivity index (χ3n) is 5.06. The molecule has 0 atom stereocenters. The Labute approximate surface area is 176 Å². The number of aromatic nitrogens is 2. The van der Waals surface area contributed by atoms with Crippen molar-refractivity contribution in [2.24, 2.45) is 0 Å². The molecule has 8 heteroatoms. The standard InChI is InChI=1S/C22H18N4O3S/c1-13-19(16-7-2-3-8-17(16)23-13)18-12-30-21(24-18)25-20(27)14-5-4-6-15(11-14)26-9-10-29-22(26)28/h2-8,11-12,23H,9-10H2,1H3,(H,24,25,27). The monoisotopic (exact) mass is 418 g/mol. The Kier molecular flexibility index (Phi) is 4.48. The Balaban J connectivity index is 1.38. The van der Waals surface area contributed by atoms with E-state index in [-0.39, 0.29) is 5.91 Å². The first-order chi connectivity index (χ1) is 14.6. The van der Waals surface area contributed by atoms with Crippen molar-refractivity contribution in [2.45, 2.75) is 6.92 Å². The predicted molar refractivity (Wildman–Crippen MR) is 117 cm³/mol. The van der Waals surface area contributed by atoms with Crippen LogP contribution in [0, 0.1) is 6.92 Å². The third-order valence-corrected chi connectivity index (χ3v) is 5.81. The topological polar surface area (TPSA) is 87.3 Å². The average molecular weight is 418 g/mol. The van der Waals surface area contributed by atoms with Crippen molar-refractivity contribution < 1.29 is 14.3 Å². The van der Waals surface area contributed by atoms with Gasteiger partial charge in [-0.3, -0.25) is 15.0 Å². The number of fused-ring (bicyclic) bond motifs is 1. The maximum Gasteiger partial charge on any atom is 0.414 e. The van der Waals surface area contributed by atoms with Gasteiger partial charge in [0.25, 0.3) is 5.91 Å². The number of cyclic esters (lactones) is 1. The molecular weight excluding hydrogens is 400 g/mol. The number of hydrogen-bond donors (Lipinski definition) is 2. The summed E-state index contributed by atoms with van der Waals surface area (Å²) in [4.78, 5) is 34.0. The second kappa shape index (κ2) is 7.31. The van der Waals surface area contributed by atoms with Gasteiger partial charge in [-0.15, -0.1) is 11.3 Å². The number of benzene rings is 2. The summed E-state index contributed by atoms with van der Waals surface area (Å²) in [7, 11) is 0. The van der Waals surface area contributed by atoms with Gasteiger partial charge >= 0.3 is 6.09 Å². The summed E-state index contributed by atoms with van der Waals surface area (Å²) in [5.74, 6) is -0.277. The van der Waals surface area contributed by atoms with Crippen LogP contribution in [0.3, 0.4) is 0 Å². The van der Waals surface area contributed by atoms with Crippen molar-refractivity contribution in [3.8, 4) is 11.3 Å². The van der Waals surface area contributed by atoms with Crippen LogP contribution in [0.5, 0.6) is 0 Å². The highest BCUT2D eigenvalue weighted by Crippen LogP contribution is 2.34. The zero-order chi connectivity index (χ0) is 20.7. The number of H-pyrrole nitrogens is 1. The number of para-hydroxylation sites is 1. The van der Waals surface area contributed by atoms with Crippen molar-refractivity contribution in [2.75, 3.05) is 23.4 Å². The van der Waals surface area contributed by atoms with Crippen molar-refractivity contribution in [3.05, 3.63) is 65.2 Å². The number of thiazole rings is 1. The summed E-state index contributed by atoms with van der Waals surface area (Å²) in [6, 6.07) is 15.0. The van der Waals surface area contributed by atoms with E-state index in [9.17, 15) is 9.59 Å². The fourth-order valence-corrected chi connectivity index (χ4v) is 4.36. The molecule has 0 bridgehead atoms. The number of carbonyl (C=O) groups excluding carboxylic acids is 2. The number of hydrogen-bond acceptors (Lipinski definition) is 5. The van der Waals surface area contributed by atoms with Crippen LogP contribution in [-0.2, 0) is 4.74 Å². The molecule has 0 spiro atoms. The fourth-order valence-electron chi connectivity index (χ4n) is 3.66. The van der Waals surface area contributed by atoms with Gasteiger partial charge in [-0.05, 0) is 31.2 Å². The molecule has 2 amide bonds. The first-order valence-electron chi connectivity index (χ1n) is 9.49. The SMILES string of the molecule is Cc1[nH]c2ccccc2c1-c1csc(NC(=O)c2cccc(N3CCOC3=O)c2)n1.